The summed E-state index contributed by atoms with van der Waals surface area (Å²) in [6.07, 6.45) is 1.57. The fourth-order valence-corrected chi connectivity index (χ4v) is 3.17. The van der Waals surface area contributed by atoms with Gasteiger partial charge in [0.05, 0.1) is 0 Å². The number of hydrogen-bond donors (Lipinski definition) is 1. The van der Waals surface area contributed by atoms with Crippen LogP contribution < -0.4 is 10.2 Å². The summed E-state index contributed by atoms with van der Waals surface area (Å²) in [7, 11) is 0. The number of halogens is 1. The first-order valence-electron chi connectivity index (χ1n) is 9.82. The van der Waals surface area contributed by atoms with Crippen molar-refractivity contribution in [3.8, 4) is 11.4 Å². The number of hydrogen-bond acceptors (Lipinski definition) is 5. The Morgan fingerprint density at radius 1 is 1.07 bits per heavy atom. The van der Waals surface area contributed by atoms with E-state index in [-0.39, 0.29) is 5.91 Å². The molecule has 1 amide bonds. The van der Waals surface area contributed by atoms with Crippen LogP contribution >= 0.6 is 11.6 Å². The van der Waals surface area contributed by atoms with Crippen LogP contribution in [0, 0.1) is 0 Å². The summed E-state index contributed by atoms with van der Waals surface area (Å²) in [6, 6.07) is 15.2. The van der Waals surface area contributed by atoms with E-state index in [1.807, 2.05) is 36.4 Å². The number of carbonyl (C=O) groups excluding carboxylic acids is 1. The van der Waals surface area contributed by atoms with Crippen molar-refractivity contribution < 1.29 is 9.32 Å². The smallest absolute Gasteiger partial charge is 0.226 e. The Labute approximate surface area is 175 Å². The monoisotopic (exact) mass is 412 g/mol. The number of amides is 1. The Morgan fingerprint density at radius 3 is 2.41 bits per heavy atom. The minimum Gasteiger partial charge on any atom is -0.372 e. The fraction of sp³-hybridized carbons (Fsp3) is 0.318. The maximum absolute atomic E-state index is 12.2. The van der Waals surface area contributed by atoms with E-state index in [1.54, 1.807) is 12.1 Å². The molecule has 0 fully saturated rings. The third-order valence-electron chi connectivity index (χ3n) is 4.64. The van der Waals surface area contributed by atoms with Crippen LogP contribution in [0.4, 0.5) is 11.4 Å². The van der Waals surface area contributed by atoms with Crippen LogP contribution in [0.3, 0.4) is 0 Å². The molecule has 29 heavy (non-hydrogen) atoms. The molecule has 3 rings (SSSR count). The van der Waals surface area contributed by atoms with Gasteiger partial charge in [0.1, 0.15) is 0 Å². The van der Waals surface area contributed by atoms with Gasteiger partial charge < -0.3 is 14.7 Å². The van der Waals surface area contributed by atoms with Crippen molar-refractivity contribution >= 4 is 28.9 Å². The Kier molecular flexibility index (Phi) is 7.25. The zero-order valence-corrected chi connectivity index (χ0v) is 17.4. The van der Waals surface area contributed by atoms with Crippen LogP contribution in [0.5, 0.6) is 0 Å². The lowest BCUT2D eigenvalue weighted by atomic mass is 10.2. The summed E-state index contributed by atoms with van der Waals surface area (Å²) in [6.45, 7) is 6.16. The molecule has 0 bridgehead atoms. The fourth-order valence-electron chi connectivity index (χ4n) is 3.04. The lowest BCUT2D eigenvalue weighted by Gasteiger charge is -2.21. The van der Waals surface area contributed by atoms with Gasteiger partial charge in [-0.2, -0.15) is 4.98 Å². The predicted octanol–water partition coefficient (Wildman–Crippen LogP) is 5.20. The molecule has 7 heteroatoms. The largest absolute Gasteiger partial charge is 0.372 e. The molecule has 0 aliphatic heterocycles. The highest BCUT2D eigenvalue weighted by Crippen LogP contribution is 2.20. The molecular weight excluding hydrogens is 388 g/mol. The van der Waals surface area contributed by atoms with Crippen molar-refractivity contribution in [2.45, 2.75) is 33.1 Å². The van der Waals surface area contributed by atoms with Gasteiger partial charge in [-0.15, -0.1) is 0 Å². The second-order valence-electron chi connectivity index (χ2n) is 6.64. The van der Waals surface area contributed by atoms with Crippen molar-refractivity contribution in [3.05, 3.63) is 59.4 Å². The number of rotatable bonds is 9. The van der Waals surface area contributed by atoms with E-state index in [9.17, 15) is 4.79 Å². The van der Waals surface area contributed by atoms with Gasteiger partial charge >= 0.3 is 0 Å². The molecule has 1 heterocycles. The number of aromatic nitrogens is 2. The maximum Gasteiger partial charge on any atom is 0.226 e. The van der Waals surface area contributed by atoms with Gasteiger partial charge in [-0.05, 0) is 68.8 Å². The molecule has 0 aliphatic rings. The number of benzene rings is 2. The zero-order chi connectivity index (χ0) is 20.6. The topological polar surface area (TPSA) is 71.3 Å². The van der Waals surface area contributed by atoms with E-state index in [1.165, 1.54) is 0 Å². The standard InChI is InChI=1S/C22H25ClN4O2/c1-3-27(4-2)19-14-12-18(13-15-19)24-20(28)6-5-7-21-25-22(26-29-21)16-8-10-17(23)11-9-16/h8-15H,3-7H2,1-2H3,(H,24,28). The first kappa shape index (κ1) is 20.9. The Hall–Kier alpha value is -2.86. The number of nitrogens with zero attached hydrogens (tertiary/aromatic N) is 3. The lowest BCUT2D eigenvalue weighted by molar-refractivity contribution is -0.116. The average Bonchev–Trinajstić information content (AvgIpc) is 3.19. The Morgan fingerprint density at radius 2 is 1.76 bits per heavy atom. The summed E-state index contributed by atoms with van der Waals surface area (Å²) < 4.78 is 5.28. The average molecular weight is 413 g/mol. The number of nitrogens with one attached hydrogen (secondary N) is 1. The minimum atomic E-state index is -0.0296. The molecule has 0 saturated carbocycles. The summed E-state index contributed by atoms with van der Waals surface area (Å²) in [5.41, 5.74) is 2.80. The van der Waals surface area contributed by atoms with Gasteiger partial charge in [-0.25, -0.2) is 0 Å². The second-order valence-corrected chi connectivity index (χ2v) is 7.08. The summed E-state index contributed by atoms with van der Waals surface area (Å²) in [5, 5.41) is 7.57. The summed E-state index contributed by atoms with van der Waals surface area (Å²) in [4.78, 5) is 18.8. The molecule has 0 atom stereocenters. The minimum absolute atomic E-state index is 0.0296. The van der Waals surface area contributed by atoms with E-state index in [0.29, 0.717) is 36.0 Å². The normalized spacial score (nSPS) is 10.7. The van der Waals surface area contributed by atoms with E-state index >= 15 is 0 Å². The highest BCUT2D eigenvalue weighted by atomic mass is 35.5. The van der Waals surface area contributed by atoms with Crippen LogP contribution in [0.2, 0.25) is 5.02 Å². The van der Waals surface area contributed by atoms with Gasteiger partial charge in [0, 0.05) is 47.9 Å². The molecular formula is C22H25ClN4O2. The molecule has 0 aliphatic carbocycles. The summed E-state index contributed by atoms with van der Waals surface area (Å²) >= 11 is 5.89. The maximum atomic E-state index is 12.2. The molecule has 0 saturated heterocycles. The van der Waals surface area contributed by atoms with Gasteiger partial charge in [0.15, 0.2) is 0 Å². The van der Waals surface area contributed by atoms with Crippen LogP contribution in [0.25, 0.3) is 11.4 Å². The highest BCUT2D eigenvalue weighted by molar-refractivity contribution is 6.30. The van der Waals surface area contributed by atoms with E-state index in [4.69, 9.17) is 16.1 Å². The zero-order valence-electron chi connectivity index (χ0n) is 16.7. The first-order valence-corrected chi connectivity index (χ1v) is 10.2. The molecule has 0 unspecified atom stereocenters. The summed E-state index contributed by atoms with van der Waals surface area (Å²) in [5.74, 6) is 1.01. The molecule has 152 valence electrons. The van der Waals surface area contributed by atoms with E-state index < -0.39 is 0 Å². The third-order valence-corrected chi connectivity index (χ3v) is 4.90. The van der Waals surface area contributed by atoms with E-state index in [0.717, 1.165) is 30.0 Å². The van der Waals surface area contributed by atoms with Crippen molar-refractivity contribution in [3.63, 3.8) is 0 Å². The van der Waals surface area contributed by atoms with Crippen LogP contribution in [0.1, 0.15) is 32.6 Å². The third kappa shape index (κ3) is 5.81. The number of aryl methyl sites for hydroxylation is 1. The van der Waals surface area contributed by atoms with Crippen LogP contribution in [-0.2, 0) is 11.2 Å². The van der Waals surface area contributed by atoms with Gasteiger partial charge in [-0.1, -0.05) is 16.8 Å². The van der Waals surface area contributed by atoms with E-state index in [2.05, 4.69) is 34.2 Å². The second kappa shape index (κ2) is 10.1. The lowest BCUT2D eigenvalue weighted by Crippen LogP contribution is -2.21. The van der Waals surface area contributed by atoms with Crippen molar-refractivity contribution in [2.24, 2.45) is 0 Å². The van der Waals surface area contributed by atoms with Crippen LogP contribution in [0.15, 0.2) is 53.1 Å². The number of carbonyl (C=O) groups is 1. The Balaban J connectivity index is 1.46. The number of anilines is 2. The molecule has 3 aromatic rings. The SMILES string of the molecule is CCN(CC)c1ccc(NC(=O)CCCc2nc(-c3ccc(Cl)cc3)no2)cc1. The van der Waals surface area contributed by atoms with Crippen molar-refractivity contribution in [1.29, 1.82) is 0 Å². The van der Waals surface area contributed by atoms with Gasteiger partial charge in [0.2, 0.25) is 17.6 Å². The Bertz CT molecular complexity index is 919. The highest BCUT2D eigenvalue weighted by Gasteiger charge is 2.10. The van der Waals surface area contributed by atoms with Gasteiger partial charge in [-0.3, -0.25) is 4.79 Å². The molecule has 0 radical (unpaired) electrons. The molecule has 0 spiro atoms. The molecule has 1 N–H and O–H groups in total. The first-order chi connectivity index (χ1) is 14.1. The van der Waals surface area contributed by atoms with Crippen molar-refractivity contribution in [1.82, 2.24) is 10.1 Å². The molecule has 6 nitrogen and oxygen atoms in total. The van der Waals surface area contributed by atoms with Gasteiger partial charge in [0.25, 0.3) is 0 Å². The molecule has 2 aromatic carbocycles. The quantitative estimate of drug-likeness (QED) is 0.523. The van der Waals surface area contributed by atoms with Crippen LogP contribution in [-0.4, -0.2) is 29.1 Å². The predicted molar refractivity (Wildman–Crippen MR) is 116 cm³/mol. The molecule has 1 aromatic heterocycles. The van der Waals surface area contributed by atoms with Crippen molar-refractivity contribution in [2.75, 3.05) is 23.3 Å².